The summed E-state index contributed by atoms with van der Waals surface area (Å²) in [6.45, 7) is 1.79. The molecule has 20 heavy (non-hydrogen) atoms. The van der Waals surface area contributed by atoms with Gasteiger partial charge in [0.1, 0.15) is 11.5 Å². The number of rotatable bonds is 4. The van der Waals surface area contributed by atoms with Crippen LogP contribution < -0.4 is 10.1 Å². The van der Waals surface area contributed by atoms with Crippen LogP contribution in [0, 0.1) is 6.92 Å². The summed E-state index contributed by atoms with van der Waals surface area (Å²) in [6, 6.07) is 9.35. The Kier molecular flexibility index (Phi) is 2.97. The second kappa shape index (κ2) is 4.67. The molecule has 0 aliphatic heterocycles. The van der Waals surface area contributed by atoms with E-state index in [1.54, 1.807) is 20.1 Å². The second-order valence-electron chi connectivity index (χ2n) is 5.06. The summed E-state index contributed by atoms with van der Waals surface area (Å²) in [6.07, 6.45) is 1.63. The highest BCUT2D eigenvalue weighted by atomic mass is 16.5. The van der Waals surface area contributed by atoms with Crippen molar-refractivity contribution in [3.05, 3.63) is 41.7 Å². The van der Waals surface area contributed by atoms with Crippen molar-refractivity contribution in [3.63, 3.8) is 0 Å². The average molecular weight is 272 g/mol. The molecule has 0 saturated heterocycles. The number of methoxy groups -OCH3 is 1. The zero-order valence-electron chi connectivity index (χ0n) is 11.5. The number of hydrogen-bond acceptors (Lipinski definition) is 4. The van der Waals surface area contributed by atoms with Crippen molar-refractivity contribution in [2.75, 3.05) is 12.4 Å². The smallest absolute Gasteiger partial charge is 0.236 e. The SMILES string of the molecule is COc1ccccc1C1(C(=O)Nc2cc(C)on2)CC1. The summed E-state index contributed by atoms with van der Waals surface area (Å²) >= 11 is 0. The molecule has 1 aliphatic carbocycles. The zero-order chi connectivity index (χ0) is 14.2. The molecule has 0 bridgehead atoms. The molecular weight excluding hydrogens is 256 g/mol. The largest absolute Gasteiger partial charge is 0.496 e. The van der Waals surface area contributed by atoms with Gasteiger partial charge in [0, 0.05) is 11.6 Å². The minimum atomic E-state index is -0.501. The summed E-state index contributed by atoms with van der Waals surface area (Å²) in [5.41, 5.74) is 0.430. The third kappa shape index (κ3) is 2.05. The Morgan fingerprint density at radius 1 is 1.40 bits per heavy atom. The number of aromatic nitrogens is 1. The normalized spacial score (nSPS) is 15.7. The van der Waals surface area contributed by atoms with E-state index in [0.717, 1.165) is 24.2 Å². The van der Waals surface area contributed by atoms with Crippen LogP contribution in [-0.2, 0) is 10.2 Å². The highest BCUT2D eigenvalue weighted by Gasteiger charge is 2.53. The molecule has 1 N–H and O–H groups in total. The van der Waals surface area contributed by atoms with Gasteiger partial charge in [-0.2, -0.15) is 0 Å². The van der Waals surface area contributed by atoms with E-state index in [1.165, 1.54) is 0 Å². The van der Waals surface area contributed by atoms with E-state index < -0.39 is 5.41 Å². The lowest BCUT2D eigenvalue weighted by Crippen LogP contribution is -2.28. The van der Waals surface area contributed by atoms with Gasteiger partial charge >= 0.3 is 0 Å². The molecule has 0 unspecified atom stereocenters. The van der Waals surface area contributed by atoms with Gasteiger partial charge in [-0.1, -0.05) is 23.4 Å². The molecule has 1 heterocycles. The van der Waals surface area contributed by atoms with Crippen molar-refractivity contribution in [1.82, 2.24) is 5.16 Å². The van der Waals surface area contributed by atoms with Crippen LogP contribution in [0.2, 0.25) is 0 Å². The Labute approximate surface area is 116 Å². The number of ether oxygens (including phenoxy) is 1. The number of benzene rings is 1. The van der Waals surface area contributed by atoms with Gasteiger partial charge in [-0.05, 0) is 25.8 Å². The molecule has 1 amide bonds. The number of anilines is 1. The topological polar surface area (TPSA) is 64.4 Å². The highest BCUT2D eigenvalue weighted by Crippen LogP contribution is 2.51. The number of para-hydroxylation sites is 1. The monoisotopic (exact) mass is 272 g/mol. The Balaban J connectivity index is 1.86. The molecule has 0 spiro atoms. The van der Waals surface area contributed by atoms with Crippen molar-refractivity contribution >= 4 is 11.7 Å². The van der Waals surface area contributed by atoms with Crippen LogP contribution in [-0.4, -0.2) is 18.2 Å². The fraction of sp³-hybridized carbons (Fsp3) is 0.333. The maximum Gasteiger partial charge on any atom is 0.236 e. The van der Waals surface area contributed by atoms with E-state index in [1.807, 2.05) is 24.3 Å². The number of hydrogen-bond donors (Lipinski definition) is 1. The minimum Gasteiger partial charge on any atom is -0.496 e. The Morgan fingerprint density at radius 2 is 2.15 bits per heavy atom. The summed E-state index contributed by atoms with van der Waals surface area (Å²) in [4.78, 5) is 12.5. The first-order valence-corrected chi connectivity index (χ1v) is 6.54. The Bertz CT molecular complexity index is 644. The fourth-order valence-electron chi connectivity index (χ4n) is 2.44. The van der Waals surface area contributed by atoms with Crippen molar-refractivity contribution in [2.45, 2.75) is 25.2 Å². The van der Waals surface area contributed by atoms with Gasteiger partial charge in [-0.25, -0.2) is 0 Å². The number of carbonyl (C=O) groups excluding carboxylic acids is 1. The first-order valence-electron chi connectivity index (χ1n) is 6.54. The van der Waals surface area contributed by atoms with Gasteiger partial charge in [0.15, 0.2) is 5.82 Å². The average Bonchev–Trinajstić information content (AvgIpc) is 3.18. The van der Waals surface area contributed by atoms with Gasteiger partial charge in [0.05, 0.1) is 12.5 Å². The van der Waals surface area contributed by atoms with Gasteiger partial charge in [0.2, 0.25) is 5.91 Å². The lowest BCUT2D eigenvalue weighted by molar-refractivity contribution is -0.118. The minimum absolute atomic E-state index is 0.0599. The van der Waals surface area contributed by atoms with Crippen LogP contribution in [0.3, 0.4) is 0 Å². The van der Waals surface area contributed by atoms with Crippen LogP contribution in [0.25, 0.3) is 0 Å². The quantitative estimate of drug-likeness (QED) is 0.929. The molecule has 5 nitrogen and oxygen atoms in total. The molecule has 2 aromatic rings. The van der Waals surface area contributed by atoms with Crippen molar-refractivity contribution in [1.29, 1.82) is 0 Å². The zero-order valence-corrected chi connectivity index (χ0v) is 11.5. The maximum atomic E-state index is 12.5. The molecular formula is C15H16N2O3. The van der Waals surface area contributed by atoms with Crippen molar-refractivity contribution < 1.29 is 14.1 Å². The molecule has 1 fully saturated rings. The second-order valence-corrected chi connectivity index (χ2v) is 5.06. The summed E-state index contributed by atoms with van der Waals surface area (Å²) < 4.78 is 10.3. The predicted octanol–water partition coefficient (Wildman–Crippen LogP) is 2.66. The fourth-order valence-corrected chi connectivity index (χ4v) is 2.44. The lowest BCUT2D eigenvalue weighted by Gasteiger charge is -2.17. The maximum absolute atomic E-state index is 12.5. The van der Waals surface area contributed by atoms with E-state index in [4.69, 9.17) is 9.26 Å². The summed E-state index contributed by atoms with van der Waals surface area (Å²) in [7, 11) is 1.62. The molecule has 5 heteroatoms. The first kappa shape index (κ1) is 12.7. The molecule has 0 radical (unpaired) electrons. The van der Waals surface area contributed by atoms with E-state index in [2.05, 4.69) is 10.5 Å². The van der Waals surface area contributed by atoms with Crippen LogP contribution in [0.5, 0.6) is 5.75 Å². The lowest BCUT2D eigenvalue weighted by atomic mass is 9.94. The van der Waals surface area contributed by atoms with E-state index in [-0.39, 0.29) is 5.91 Å². The van der Waals surface area contributed by atoms with Crippen LogP contribution in [0.4, 0.5) is 5.82 Å². The molecule has 3 rings (SSSR count). The van der Waals surface area contributed by atoms with Gasteiger partial charge in [-0.15, -0.1) is 0 Å². The Hall–Kier alpha value is -2.30. The summed E-state index contributed by atoms with van der Waals surface area (Å²) in [5.74, 6) is 1.81. The van der Waals surface area contributed by atoms with E-state index in [9.17, 15) is 4.79 Å². The molecule has 0 atom stereocenters. The Morgan fingerprint density at radius 3 is 2.75 bits per heavy atom. The van der Waals surface area contributed by atoms with Crippen LogP contribution in [0.1, 0.15) is 24.2 Å². The van der Waals surface area contributed by atoms with Gasteiger partial charge < -0.3 is 14.6 Å². The van der Waals surface area contributed by atoms with E-state index in [0.29, 0.717) is 11.6 Å². The van der Waals surface area contributed by atoms with Gasteiger partial charge in [-0.3, -0.25) is 4.79 Å². The molecule has 1 saturated carbocycles. The van der Waals surface area contributed by atoms with Gasteiger partial charge in [0.25, 0.3) is 0 Å². The van der Waals surface area contributed by atoms with Crippen LogP contribution in [0.15, 0.2) is 34.9 Å². The van der Waals surface area contributed by atoms with Crippen molar-refractivity contribution in [3.8, 4) is 5.75 Å². The van der Waals surface area contributed by atoms with Crippen molar-refractivity contribution in [2.24, 2.45) is 0 Å². The number of nitrogens with one attached hydrogen (secondary N) is 1. The molecule has 104 valence electrons. The molecule has 1 aliphatic rings. The van der Waals surface area contributed by atoms with Crippen LogP contribution >= 0.6 is 0 Å². The standard InChI is InChI=1S/C15H16N2O3/c1-10-9-13(17-20-10)16-14(18)15(7-8-15)11-5-3-4-6-12(11)19-2/h3-6,9H,7-8H2,1-2H3,(H,16,17,18). The highest BCUT2D eigenvalue weighted by molar-refractivity contribution is 6.01. The number of aryl methyl sites for hydroxylation is 1. The number of carbonyl (C=O) groups is 1. The molecule has 1 aromatic carbocycles. The number of nitrogens with zero attached hydrogens (tertiary/aromatic N) is 1. The third-order valence-corrected chi connectivity index (χ3v) is 3.68. The third-order valence-electron chi connectivity index (χ3n) is 3.68. The predicted molar refractivity (Wildman–Crippen MR) is 73.8 cm³/mol. The first-order chi connectivity index (χ1) is 9.65. The number of amides is 1. The molecule has 1 aromatic heterocycles. The van der Waals surface area contributed by atoms with E-state index >= 15 is 0 Å². The summed E-state index contributed by atoms with van der Waals surface area (Å²) in [5, 5.41) is 6.61.